The van der Waals surface area contributed by atoms with E-state index in [4.69, 9.17) is 0 Å². The second-order valence-electron chi connectivity index (χ2n) is 13.7. The SMILES string of the molecule is CC1(C)[C@H]2CC[C@@]1(C(=O)N[C@H](c1ccccc1)[C@H](NC(=O)[C@]13CC[C@@H](CC1=O)C3(C)C)c1ccccc1)C(=O)C2. The van der Waals surface area contributed by atoms with Gasteiger partial charge in [0.05, 0.1) is 12.1 Å². The molecule has 2 N–H and O–H groups in total. The average Bonchev–Trinajstić information content (AvgIpc) is 3.50. The van der Waals surface area contributed by atoms with E-state index < -0.39 is 33.7 Å². The predicted octanol–water partition coefficient (Wildman–Crippen LogP) is 5.49. The standard InChI is InChI=1S/C34H40N2O4/c1-31(2)23-15-17-33(31,25(37)19-23)29(39)35-27(21-11-7-5-8-12-21)28(22-13-9-6-10-14-22)36-30(40)34-18-16-24(20-26(34)38)32(34,3)4/h5-14,23-24,27-28H,15-20H2,1-4H3,(H,35,39)(H,36,40)/t23-,24-,27+,28+,33-,34-/m0/s1. The number of rotatable bonds is 7. The summed E-state index contributed by atoms with van der Waals surface area (Å²) in [6.07, 6.45) is 3.70. The van der Waals surface area contributed by atoms with Gasteiger partial charge in [-0.2, -0.15) is 0 Å². The van der Waals surface area contributed by atoms with E-state index in [0.717, 1.165) is 24.0 Å². The molecule has 40 heavy (non-hydrogen) atoms. The van der Waals surface area contributed by atoms with Crippen LogP contribution in [0.2, 0.25) is 0 Å². The van der Waals surface area contributed by atoms with Crippen LogP contribution >= 0.6 is 0 Å². The summed E-state index contributed by atoms with van der Waals surface area (Å²) < 4.78 is 0. The lowest BCUT2D eigenvalue weighted by molar-refractivity contribution is -0.148. The number of hydrogen-bond donors (Lipinski definition) is 2. The van der Waals surface area contributed by atoms with Crippen LogP contribution < -0.4 is 10.6 Å². The first-order chi connectivity index (χ1) is 19.0. The normalized spacial score (nSPS) is 32.6. The van der Waals surface area contributed by atoms with Crippen molar-refractivity contribution in [1.29, 1.82) is 0 Å². The zero-order valence-corrected chi connectivity index (χ0v) is 24.0. The molecule has 2 aromatic carbocycles. The van der Waals surface area contributed by atoms with Crippen LogP contribution in [0.25, 0.3) is 0 Å². The fourth-order valence-corrected chi connectivity index (χ4v) is 8.99. The van der Waals surface area contributed by atoms with Crippen molar-refractivity contribution in [2.75, 3.05) is 0 Å². The highest BCUT2D eigenvalue weighted by atomic mass is 16.2. The highest BCUT2D eigenvalue weighted by Gasteiger charge is 2.69. The molecule has 0 spiro atoms. The minimum Gasteiger partial charge on any atom is -0.346 e. The maximum absolute atomic E-state index is 14.3. The molecular formula is C34H40N2O4. The molecule has 4 aliphatic rings. The second kappa shape index (κ2) is 9.12. The van der Waals surface area contributed by atoms with Crippen LogP contribution in [0, 0.1) is 33.5 Å². The highest BCUT2D eigenvalue weighted by Crippen LogP contribution is 2.65. The Morgan fingerprint density at radius 1 is 0.650 bits per heavy atom. The van der Waals surface area contributed by atoms with Gasteiger partial charge in [0.1, 0.15) is 22.4 Å². The lowest BCUT2D eigenvalue weighted by atomic mass is 9.67. The van der Waals surface area contributed by atoms with Gasteiger partial charge in [0, 0.05) is 12.8 Å². The molecule has 0 saturated heterocycles. The Balaban J connectivity index is 1.41. The third-order valence-corrected chi connectivity index (χ3v) is 11.8. The van der Waals surface area contributed by atoms with Crippen LogP contribution in [0.4, 0.5) is 0 Å². The Kier molecular flexibility index (Phi) is 6.14. The minimum absolute atomic E-state index is 0.0209. The predicted molar refractivity (Wildman–Crippen MR) is 152 cm³/mol. The summed E-state index contributed by atoms with van der Waals surface area (Å²) in [5.74, 6) is -0.0722. The van der Waals surface area contributed by atoms with Gasteiger partial charge in [-0.25, -0.2) is 0 Å². The Hall–Kier alpha value is -3.28. The molecule has 4 saturated carbocycles. The van der Waals surface area contributed by atoms with Crippen molar-refractivity contribution in [1.82, 2.24) is 10.6 Å². The van der Waals surface area contributed by atoms with Crippen molar-refractivity contribution >= 4 is 23.4 Å². The Labute approximate surface area is 236 Å². The van der Waals surface area contributed by atoms with Crippen LogP contribution in [0.15, 0.2) is 60.7 Å². The van der Waals surface area contributed by atoms with E-state index in [1.807, 2.05) is 88.4 Å². The van der Waals surface area contributed by atoms with Crippen molar-refractivity contribution in [3.63, 3.8) is 0 Å². The van der Waals surface area contributed by atoms with Gasteiger partial charge in [0.15, 0.2) is 0 Å². The van der Waals surface area contributed by atoms with Gasteiger partial charge < -0.3 is 10.6 Å². The topological polar surface area (TPSA) is 92.3 Å². The number of benzene rings is 2. The summed E-state index contributed by atoms with van der Waals surface area (Å²) in [5, 5.41) is 6.58. The maximum Gasteiger partial charge on any atom is 0.234 e. The molecule has 4 fully saturated rings. The van der Waals surface area contributed by atoms with Crippen LogP contribution in [0.3, 0.4) is 0 Å². The fourth-order valence-electron chi connectivity index (χ4n) is 8.99. The molecule has 4 bridgehead atoms. The van der Waals surface area contributed by atoms with E-state index in [1.54, 1.807) is 0 Å². The van der Waals surface area contributed by atoms with Crippen molar-refractivity contribution in [3.05, 3.63) is 71.8 Å². The minimum atomic E-state index is -1.07. The number of nitrogens with one attached hydrogen (secondary N) is 2. The molecular weight excluding hydrogens is 500 g/mol. The Bertz CT molecular complexity index is 1260. The van der Waals surface area contributed by atoms with E-state index in [0.29, 0.717) is 25.7 Å². The van der Waals surface area contributed by atoms with Crippen LogP contribution in [-0.4, -0.2) is 23.4 Å². The number of carbonyl (C=O) groups is 4. The van der Waals surface area contributed by atoms with Crippen molar-refractivity contribution in [2.45, 2.75) is 78.3 Å². The summed E-state index contributed by atoms with van der Waals surface area (Å²) in [6.45, 7) is 8.19. The first-order valence-electron chi connectivity index (χ1n) is 14.8. The molecule has 210 valence electrons. The molecule has 6 nitrogen and oxygen atoms in total. The van der Waals surface area contributed by atoms with Gasteiger partial charge in [-0.3, -0.25) is 19.2 Å². The number of ketones is 2. The fraction of sp³-hybridized carbons (Fsp3) is 0.529. The molecule has 0 aliphatic heterocycles. The quantitative estimate of drug-likeness (QED) is 0.454. The number of fused-ring (bicyclic) bond motifs is 4. The largest absolute Gasteiger partial charge is 0.346 e. The van der Waals surface area contributed by atoms with Crippen LogP contribution in [-0.2, 0) is 19.2 Å². The summed E-state index contributed by atoms with van der Waals surface area (Å²) in [6, 6.07) is 18.0. The molecule has 0 unspecified atom stereocenters. The van der Waals surface area contributed by atoms with Gasteiger partial charge in [0.2, 0.25) is 11.8 Å². The molecule has 0 aromatic heterocycles. The van der Waals surface area contributed by atoms with Gasteiger partial charge in [0.25, 0.3) is 0 Å². The third kappa shape index (κ3) is 3.47. The Morgan fingerprint density at radius 3 is 1.27 bits per heavy atom. The molecule has 6 heteroatoms. The van der Waals surface area contributed by atoms with Gasteiger partial charge in [-0.15, -0.1) is 0 Å². The molecule has 2 amide bonds. The summed E-state index contributed by atoms with van der Waals surface area (Å²) in [4.78, 5) is 55.3. The summed E-state index contributed by atoms with van der Waals surface area (Å²) >= 11 is 0. The number of amides is 2. The summed E-state index contributed by atoms with van der Waals surface area (Å²) in [7, 11) is 0. The second-order valence-corrected chi connectivity index (χ2v) is 13.7. The Morgan fingerprint density at radius 2 is 1.00 bits per heavy atom. The molecule has 2 aromatic rings. The monoisotopic (exact) mass is 540 g/mol. The summed E-state index contributed by atoms with van der Waals surface area (Å²) in [5.41, 5.74) is -1.35. The van der Waals surface area contributed by atoms with E-state index in [9.17, 15) is 19.2 Å². The van der Waals surface area contributed by atoms with E-state index >= 15 is 0 Å². The average molecular weight is 541 g/mol. The van der Waals surface area contributed by atoms with Gasteiger partial charge >= 0.3 is 0 Å². The molecule has 4 aliphatic carbocycles. The number of carbonyl (C=O) groups excluding carboxylic acids is 4. The molecule has 0 radical (unpaired) electrons. The van der Waals surface area contributed by atoms with Gasteiger partial charge in [-0.1, -0.05) is 88.4 Å². The van der Waals surface area contributed by atoms with Crippen molar-refractivity contribution in [2.24, 2.45) is 33.5 Å². The third-order valence-electron chi connectivity index (χ3n) is 11.8. The van der Waals surface area contributed by atoms with Crippen molar-refractivity contribution < 1.29 is 19.2 Å². The van der Waals surface area contributed by atoms with Gasteiger partial charge in [-0.05, 0) is 59.5 Å². The molecule has 6 atom stereocenters. The smallest absolute Gasteiger partial charge is 0.234 e. The van der Waals surface area contributed by atoms with Crippen LogP contribution in [0.1, 0.15) is 89.4 Å². The number of Topliss-reactive ketones (excluding diaryl/α,β-unsaturated/α-hetero) is 2. The van der Waals surface area contributed by atoms with Crippen LogP contribution in [0.5, 0.6) is 0 Å². The van der Waals surface area contributed by atoms with E-state index in [1.165, 1.54) is 0 Å². The first-order valence-corrected chi connectivity index (χ1v) is 14.8. The van der Waals surface area contributed by atoms with E-state index in [-0.39, 0.29) is 35.2 Å². The molecule has 6 rings (SSSR count). The lowest BCUT2D eigenvalue weighted by Gasteiger charge is -2.40. The number of hydrogen-bond acceptors (Lipinski definition) is 4. The molecule has 0 heterocycles. The van der Waals surface area contributed by atoms with E-state index in [2.05, 4.69) is 10.6 Å². The van der Waals surface area contributed by atoms with Crippen molar-refractivity contribution in [3.8, 4) is 0 Å². The zero-order chi connectivity index (χ0) is 28.5. The zero-order valence-electron chi connectivity index (χ0n) is 24.0. The highest BCUT2D eigenvalue weighted by molar-refractivity contribution is 6.10. The lowest BCUT2D eigenvalue weighted by Crippen LogP contribution is -2.55. The first kappa shape index (κ1) is 26.9. The maximum atomic E-state index is 14.3.